The van der Waals surface area contributed by atoms with Gasteiger partial charge in [0.05, 0.1) is 5.52 Å². The molecule has 0 saturated heterocycles. The first-order valence-electron chi connectivity index (χ1n) is 9.38. The van der Waals surface area contributed by atoms with Gasteiger partial charge in [-0.1, -0.05) is 42.5 Å². The predicted octanol–water partition coefficient (Wildman–Crippen LogP) is 4.85. The normalized spacial score (nSPS) is 12.5. The van der Waals surface area contributed by atoms with Crippen molar-refractivity contribution < 1.29 is 14.3 Å². The van der Waals surface area contributed by atoms with E-state index in [0.717, 1.165) is 33.1 Å². The number of carbonyl (C=O) groups excluding carboxylic acids is 2. The van der Waals surface area contributed by atoms with Crippen LogP contribution < -0.4 is 0 Å². The number of ketones is 1. The fourth-order valence-corrected chi connectivity index (χ4v) is 3.48. The minimum atomic E-state index is -0.893. The van der Waals surface area contributed by atoms with Crippen molar-refractivity contribution in [1.29, 1.82) is 0 Å². The van der Waals surface area contributed by atoms with Crippen LogP contribution in [0.2, 0.25) is 0 Å². The maximum atomic E-state index is 12.9. The number of nitrogens with one attached hydrogen (secondary N) is 1. The van der Waals surface area contributed by atoms with Gasteiger partial charge in [0, 0.05) is 45.4 Å². The fourth-order valence-electron chi connectivity index (χ4n) is 3.48. The smallest absolute Gasteiger partial charge is 0.331 e. The zero-order valence-corrected chi connectivity index (χ0v) is 16.2. The molecule has 0 radical (unpaired) electrons. The van der Waals surface area contributed by atoms with Gasteiger partial charge in [0.2, 0.25) is 5.78 Å². The average molecular weight is 384 g/mol. The number of aryl methyl sites for hydroxylation is 1. The summed E-state index contributed by atoms with van der Waals surface area (Å²) in [6.45, 7) is 3.43. The summed E-state index contributed by atoms with van der Waals surface area (Å²) < 4.78 is 5.36. The molecule has 0 aliphatic rings. The maximum Gasteiger partial charge on any atom is 0.331 e. The van der Waals surface area contributed by atoms with Gasteiger partial charge in [-0.3, -0.25) is 9.78 Å². The van der Waals surface area contributed by atoms with Gasteiger partial charge in [-0.2, -0.15) is 0 Å². The van der Waals surface area contributed by atoms with Crippen molar-refractivity contribution in [1.82, 2.24) is 9.97 Å². The highest BCUT2D eigenvalue weighted by Gasteiger charge is 2.23. The average Bonchev–Trinajstić information content (AvgIpc) is 3.07. The monoisotopic (exact) mass is 384 g/mol. The van der Waals surface area contributed by atoms with Crippen LogP contribution in [0.3, 0.4) is 0 Å². The van der Waals surface area contributed by atoms with Crippen molar-refractivity contribution >= 4 is 39.6 Å². The van der Waals surface area contributed by atoms with Crippen LogP contribution in [0, 0.1) is 6.92 Å². The van der Waals surface area contributed by atoms with E-state index in [1.807, 2.05) is 61.5 Å². The first-order valence-corrected chi connectivity index (χ1v) is 9.38. The number of esters is 1. The molecule has 0 aliphatic carbocycles. The third kappa shape index (κ3) is 3.67. The van der Waals surface area contributed by atoms with E-state index in [-0.39, 0.29) is 5.78 Å². The highest BCUT2D eigenvalue weighted by molar-refractivity contribution is 6.11. The summed E-state index contributed by atoms with van der Waals surface area (Å²) in [6, 6.07) is 17.1. The number of nitrogens with zero attached hydrogens (tertiary/aromatic N) is 1. The van der Waals surface area contributed by atoms with Gasteiger partial charge in [-0.25, -0.2) is 4.79 Å². The fraction of sp³-hybridized carbons (Fsp3) is 0.125. The van der Waals surface area contributed by atoms with Crippen molar-refractivity contribution in [3.8, 4) is 0 Å². The van der Waals surface area contributed by atoms with E-state index in [1.165, 1.54) is 6.08 Å². The number of rotatable bonds is 5. The van der Waals surface area contributed by atoms with Crippen LogP contribution in [0.25, 0.3) is 27.9 Å². The Kier molecular flexibility index (Phi) is 4.96. The SMILES string of the molecule is Cc1[nH]c2ccccc2c1C(=O)C(C)OC(=O)/C=C/c1cccc2cccnc12. The second-order valence-corrected chi connectivity index (χ2v) is 6.87. The first-order chi connectivity index (χ1) is 14.0. The molecule has 0 saturated carbocycles. The van der Waals surface area contributed by atoms with E-state index in [1.54, 1.807) is 19.2 Å². The van der Waals surface area contributed by atoms with Crippen LogP contribution in [0.1, 0.15) is 28.5 Å². The number of para-hydroxylation sites is 2. The van der Waals surface area contributed by atoms with Gasteiger partial charge >= 0.3 is 5.97 Å². The highest BCUT2D eigenvalue weighted by atomic mass is 16.5. The Bertz CT molecular complexity index is 1250. The number of H-pyrrole nitrogens is 1. The molecular weight excluding hydrogens is 364 g/mol. The van der Waals surface area contributed by atoms with Gasteiger partial charge in [0.15, 0.2) is 6.10 Å². The van der Waals surface area contributed by atoms with Crippen molar-refractivity contribution in [2.24, 2.45) is 0 Å². The predicted molar refractivity (Wildman–Crippen MR) is 114 cm³/mol. The molecule has 1 N–H and O–H groups in total. The number of carbonyl (C=O) groups is 2. The Hall–Kier alpha value is -3.73. The molecule has 0 spiro atoms. The molecule has 0 fully saturated rings. The lowest BCUT2D eigenvalue weighted by Gasteiger charge is -2.11. The summed E-state index contributed by atoms with van der Waals surface area (Å²) >= 11 is 0. The Balaban J connectivity index is 1.51. The molecule has 0 amide bonds. The van der Waals surface area contributed by atoms with Crippen LogP contribution in [-0.4, -0.2) is 27.8 Å². The van der Waals surface area contributed by atoms with E-state index in [4.69, 9.17) is 4.74 Å². The number of benzene rings is 2. The van der Waals surface area contributed by atoms with E-state index < -0.39 is 12.1 Å². The molecule has 0 bridgehead atoms. The number of aromatic nitrogens is 2. The molecule has 144 valence electrons. The van der Waals surface area contributed by atoms with E-state index in [2.05, 4.69) is 9.97 Å². The van der Waals surface area contributed by atoms with Gasteiger partial charge in [0.1, 0.15) is 0 Å². The number of pyridine rings is 1. The Morgan fingerprint density at radius 3 is 2.72 bits per heavy atom. The van der Waals surface area contributed by atoms with Gasteiger partial charge < -0.3 is 9.72 Å². The Morgan fingerprint density at radius 2 is 1.86 bits per heavy atom. The summed E-state index contributed by atoms with van der Waals surface area (Å²) in [5.41, 5.74) is 3.82. The third-order valence-electron chi connectivity index (χ3n) is 4.87. The molecule has 5 heteroatoms. The van der Waals surface area contributed by atoms with Crippen molar-refractivity contribution in [3.05, 3.63) is 83.7 Å². The third-order valence-corrected chi connectivity index (χ3v) is 4.87. The van der Waals surface area contributed by atoms with E-state index in [9.17, 15) is 9.59 Å². The summed E-state index contributed by atoms with van der Waals surface area (Å²) in [5, 5.41) is 1.82. The molecule has 1 unspecified atom stereocenters. The van der Waals surface area contributed by atoms with Gasteiger partial charge in [-0.15, -0.1) is 0 Å². The number of ether oxygens (including phenoxy) is 1. The molecule has 29 heavy (non-hydrogen) atoms. The molecule has 2 aromatic carbocycles. The van der Waals surface area contributed by atoms with Gasteiger partial charge in [0.25, 0.3) is 0 Å². The molecule has 4 aromatic rings. The number of aromatic amines is 1. The van der Waals surface area contributed by atoms with Crippen LogP contribution in [-0.2, 0) is 9.53 Å². The maximum absolute atomic E-state index is 12.9. The lowest BCUT2D eigenvalue weighted by Crippen LogP contribution is -2.24. The van der Waals surface area contributed by atoms with E-state index >= 15 is 0 Å². The molecule has 5 nitrogen and oxygen atoms in total. The summed E-state index contributed by atoms with van der Waals surface area (Å²) in [5.74, 6) is -0.801. The van der Waals surface area contributed by atoms with E-state index in [0.29, 0.717) is 5.56 Å². The molecule has 2 aromatic heterocycles. The Morgan fingerprint density at radius 1 is 1.07 bits per heavy atom. The minimum absolute atomic E-state index is 0.228. The van der Waals surface area contributed by atoms with Crippen LogP contribution in [0.4, 0.5) is 0 Å². The number of Topliss-reactive ketones (excluding diaryl/α,β-unsaturated/α-hetero) is 1. The molecule has 1 atom stereocenters. The summed E-state index contributed by atoms with van der Waals surface area (Å²) in [6.07, 6.45) is 3.80. The van der Waals surface area contributed by atoms with Crippen LogP contribution in [0.15, 0.2) is 66.9 Å². The van der Waals surface area contributed by atoms with Crippen molar-refractivity contribution in [2.45, 2.75) is 20.0 Å². The molecular formula is C24H20N2O3. The molecule has 2 heterocycles. The Labute approximate surface area is 168 Å². The lowest BCUT2D eigenvalue weighted by molar-refractivity contribution is -0.140. The van der Waals surface area contributed by atoms with Gasteiger partial charge in [-0.05, 0) is 32.1 Å². The first kappa shape index (κ1) is 18.6. The van der Waals surface area contributed by atoms with Crippen molar-refractivity contribution in [3.63, 3.8) is 0 Å². The number of fused-ring (bicyclic) bond motifs is 2. The topological polar surface area (TPSA) is 72.1 Å². The van der Waals surface area contributed by atoms with Crippen molar-refractivity contribution in [2.75, 3.05) is 0 Å². The minimum Gasteiger partial charge on any atom is -0.451 e. The second kappa shape index (κ2) is 7.72. The van der Waals surface area contributed by atoms with Crippen LogP contribution in [0.5, 0.6) is 0 Å². The lowest BCUT2D eigenvalue weighted by atomic mass is 10.0. The zero-order valence-electron chi connectivity index (χ0n) is 16.2. The largest absolute Gasteiger partial charge is 0.451 e. The number of hydrogen-bond donors (Lipinski definition) is 1. The van der Waals surface area contributed by atoms with Crippen LogP contribution >= 0.6 is 0 Å². The molecule has 4 rings (SSSR count). The quantitative estimate of drug-likeness (QED) is 0.303. The summed E-state index contributed by atoms with van der Waals surface area (Å²) in [7, 11) is 0. The standard InChI is InChI=1S/C24H20N2O3/c1-15-22(19-10-3-4-11-20(19)26-15)24(28)16(2)29-21(27)13-12-18-8-5-7-17-9-6-14-25-23(17)18/h3-14,16,26H,1-2H3/b13-12+. The summed E-state index contributed by atoms with van der Waals surface area (Å²) in [4.78, 5) is 32.7. The highest BCUT2D eigenvalue weighted by Crippen LogP contribution is 2.24. The molecule has 0 aliphatic heterocycles. The zero-order chi connectivity index (χ0) is 20.4. The second-order valence-electron chi connectivity index (χ2n) is 6.87. The number of hydrogen-bond acceptors (Lipinski definition) is 4.